The third-order valence-corrected chi connectivity index (χ3v) is 1.72. The largest absolute Gasteiger partial charge is 0.476 e. The fourth-order valence-electron chi connectivity index (χ4n) is 0.985. The van der Waals surface area contributed by atoms with Crippen molar-refractivity contribution in [2.24, 2.45) is 0 Å². The molecule has 1 aromatic heterocycles. The van der Waals surface area contributed by atoms with Crippen LogP contribution >= 0.6 is 0 Å². The van der Waals surface area contributed by atoms with Gasteiger partial charge >= 0.3 is 0 Å². The van der Waals surface area contributed by atoms with Gasteiger partial charge in [0.1, 0.15) is 18.2 Å². The van der Waals surface area contributed by atoms with E-state index in [2.05, 4.69) is 17.0 Å². The predicted molar refractivity (Wildman–Crippen MR) is 52.6 cm³/mol. The molecule has 0 saturated heterocycles. The van der Waals surface area contributed by atoms with Crippen LogP contribution < -0.4 is 4.74 Å². The second kappa shape index (κ2) is 4.89. The van der Waals surface area contributed by atoms with Gasteiger partial charge in [-0.15, -0.1) is 12.3 Å². The first-order chi connectivity index (χ1) is 6.79. The lowest BCUT2D eigenvalue weighted by atomic mass is 10.2. The normalized spacial score (nSPS) is 8.79. The number of nitrogens with zero attached hydrogens (tertiary/aromatic N) is 2. The van der Waals surface area contributed by atoms with Crippen LogP contribution in [0.5, 0.6) is 5.88 Å². The Morgan fingerprint density at radius 1 is 1.64 bits per heavy atom. The number of hydrogen-bond acceptors (Lipinski definition) is 3. The minimum absolute atomic E-state index is 0.364. The standard InChI is InChI=1S/C11H10N2O/c1-3-4-7-14-11-10(8-12)9(2)5-6-13-11/h1,5-6H,4,7H2,2H3. The quantitative estimate of drug-likeness (QED) is 0.532. The van der Waals surface area contributed by atoms with Crippen LogP contribution in [-0.2, 0) is 0 Å². The van der Waals surface area contributed by atoms with E-state index in [9.17, 15) is 0 Å². The second-order valence-electron chi connectivity index (χ2n) is 2.72. The van der Waals surface area contributed by atoms with Crippen molar-refractivity contribution in [2.75, 3.05) is 6.61 Å². The minimum Gasteiger partial charge on any atom is -0.476 e. The third kappa shape index (κ3) is 2.24. The Morgan fingerprint density at radius 3 is 3.07 bits per heavy atom. The van der Waals surface area contributed by atoms with Crippen molar-refractivity contribution >= 4 is 0 Å². The van der Waals surface area contributed by atoms with Gasteiger partial charge in [0.2, 0.25) is 5.88 Å². The number of aryl methyl sites for hydroxylation is 1. The van der Waals surface area contributed by atoms with Gasteiger partial charge in [0.25, 0.3) is 0 Å². The van der Waals surface area contributed by atoms with Gasteiger partial charge in [0.05, 0.1) is 0 Å². The van der Waals surface area contributed by atoms with E-state index in [1.165, 1.54) is 0 Å². The van der Waals surface area contributed by atoms with E-state index in [0.29, 0.717) is 24.5 Å². The van der Waals surface area contributed by atoms with E-state index in [-0.39, 0.29) is 0 Å². The van der Waals surface area contributed by atoms with Gasteiger partial charge in [0.15, 0.2) is 0 Å². The maximum atomic E-state index is 8.85. The first kappa shape index (κ1) is 10.1. The Morgan fingerprint density at radius 2 is 2.43 bits per heavy atom. The summed E-state index contributed by atoms with van der Waals surface area (Å²) in [6.45, 7) is 2.23. The summed E-state index contributed by atoms with van der Waals surface area (Å²) >= 11 is 0. The van der Waals surface area contributed by atoms with Crippen molar-refractivity contribution in [3.8, 4) is 24.3 Å². The van der Waals surface area contributed by atoms with Crippen LogP contribution in [0.1, 0.15) is 17.5 Å². The Labute approximate surface area is 83.3 Å². The van der Waals surface area contributed by atoms with Gasteiger partial charge in [-0.2, -0.15) is 5.26 Å². The Kier molecular flexibility index (Phi) is 3.52. The average Bonchev–Trinajstić information content (AvgIpc) is 2.18. The Balaban J connectivity index is 2.83. The van der Waals surface area contributed by atoms with Crippen LogP contribution in [0.2, 0.25) is 0 Å². The molecule has 0 aliphatic rings. The molecule has 0 saturated carbocycles. The lowest BCUT2D eigenvalue weighted by molar-refractivity contribution is 0.313. The van der Waals surface area contributed by atoms with E-state index in [0.717, 1.165) is 5.56 Å². The van der Waals surface area contributed by atoms with Gasteiger partial charge in [-0.3, -0.25) is 0 Å². The zero-order valence-corrected chi connectivity index (χ0v) is 7.95. The summed E-state index contributed by atoms with van der Waals surface area (Å²) in [4.78, 5) is 3.97. The number of terminal acetylenes is 1. The smallest absolute Gasteiger partial charge is 0.231 e. The zero-order chi connectivity index (χ0) is 10.4. The van der Waals surface area contributed by atoms with Crippen LogP contribution in [0.25, 0.3) is 0 Å². The molecule has 0 N–H and O–H groups in total. The van der Waals surface area contributed by atoms with E-state index in [1.807, 2.05) is 6.92 Å². The summed E-state index contributed by atoms with van der Waals surface area (Å²) in [5.41, 5.74) is 1.34. The molecule has 0 fully saturated rings. The summed E-state index contributed by atoms with van der Waals surface area (Å²) in [7, 11) is 0. The fourth-order valence-corrected chi connectivity index (χ4v) is 0.985. The fraction of sp³-hybridized carbons (Fsp3) is 0.273. The molecule has 0 amide bonds. The highest BCUT2D eigenvalue weighted by molar-refractivity contribution is 5.43. The monoisotopic (exact) mass is 186 g/mol. The molecule has 3 nitrogen and oxygen atoms in total. The summed E-state index contributed by atoms with van der Waals surface area (Å²) in [5.74, 6) is 2.82. The lowest BCUT2D eigenvalue weighted by Gasteiger charge is -2.05. The molecule has 0 radical (unpaired) electrons. The molecule has 1 rings (SSSR count). The van der Waals surface area contributed by atoms with Crippen molar-refractivity contribution in [1.82, 2.24) is 4.98 Å². The summed E-state index contributed by atoms with van der Waals surface area (Å²) < 4.78 is 5.27. The van der Waals surface area contributed by atoms with Crippen LogP contribution in [0.3, 0.4) is 0 Å². The highest BCUT2D eigenvalue weighted by Gasteiger charge is 2.06. The van der Waals surface area contributed by atoms with E-state index < -0.39 is 0 Å². The van der Waals surface area contributed by atoms with Crippen LogP contribution in [0, 0.1) is 30.6 Å². The molecule has 0 bridgehead atoms. The summed E-state index contributed by atoms with van der Waals surface area (Å²) in [6.07, 6.45) is 7.20. The van der Waals surface area contributed by atoms with Crippen LogP contribution in [0.15, 0.2) is 12.3 Å². The highest BCUT2D eigenvalue weighted by Crippen LogP contribution is 2.17. The van der Waals surface area contributed by atoms with Crippen molar-refractivity contribution < 1.29 is 4.74 Å². The lowest BCUT2D eigenvalue weighted by Crippen LogP contribution is -2.01. The molecule has 0 atom stereocenters. The van der Waals surface area contributed by atoms with E-state index >= 15 is 0 Å². The summed E-state index contributed by atoms with van der Waals surface area (Å²) in [6, 6.07) is 3.82. The van der Waals surface area contributed by atoms with E-state index in [1.54, 1.807) is 12.3 Å². The van der Waals surface area contributed by atoms with Crippen molar-refractivity contribution in [1.29, 1.82) is 5.26 Å². The van der Waals surface area contributed by atoms with Crippen LogP contribution in [-0.4, -0.2) is 11.6 Å². The zero-order valence-electron chi connectivity index (χ0n) is 7.95. The molecule has 0 unspecified atom stereocenters. The van der Waals surface area contributed by atoms with Gasteiger partial charge in [-0.1, -0.05) is 0 Å². The number of rotatable bonds is 3. The number of nitriles is 1. The molecule has 0 aliphatic carbocycles. The summed E-state index contributed by atoms with van der Waals surface area (Å²) in [5, 5.41) is 8.85. The minimum atomic E-state index is 0.364. The number of ether oxygens (including phenoxy) is 1. The van der Waals surface area contributed by atoms with Crippen molar-refractivity contribution in [3.63, 3.8) is 0 Å². The Bertz CT molecular complexity index is 399. The SMILES string of the molecule is C#CCCOc1nccc(C)c1C#N. The molecule has 0 aliphatic heterocycles. The van der Waals surface area contributed by atoms with Crippen molar-refractivity contribution in [3.05, 3.63) is 23.4 Å². The molecule has 70 valence electrons. The van der Waals surface area contributed by atoms with Crippen molar-refractivity contribution in [2.45, 2.75) is 13.3 Å². The topological polar surface area (TPSA) is 45.9 Å². The molecular weight excluding hydrogens is 176 g/mol. The maximum absolute atomic E-state index is 8.85. The van der Waals surface area contributed by atoms with Gasteiger partial charge in [-0.25, -0.2) is 4.98 Å². The van der Waals surface area contributed by atoms with E-state index in [4.69, 9.17) is 16.4 Å². The molecule has 14 heavy (non-hydrogen) atoms. The second-order valence-corrected chi connectivity index (χ2v) is 2.72. The molecule has 1 heterocycles. The Hall–Kier alpha value is -2.00. The first-order valence-corrected chi connectivity index (χ1v) is 4.21. The third-order valence-electron chi connectivity index (χ3n) is 1.72. The number of pyridine rings is 1. The molecule has 0 spiro atoms. The molecule has 0 aromatic carbocycles. The highest BCUT2D eigenvalue weighted by atomic mass is 16.5. The molecule has 1 aromatic rings. The predicted octanol–water partition coefficient (Wildman–Crippen LogP) is 1.66. The van der Waals surface area contributed by atoms with Gasteiger partial charge in [-0.05, 0) is 18.6 Å². The number of aromatic nitrogens is 1. The maximum Gasteiger partial charge on any atom is 0.231 e. The van der Waals surface area contributed by atoms with Gasteiger partial charge < -0.3 is 4.74 Å². The first-order valence-electron chi connectivity index (χ1n) is 4.21. The van der Waals surface area contributed by atoms with Crippen LogP contribution in [0.4, 0.5) is 0 Å². The molecular formula is C11H10N2O. The van der Waals surface area contributed by atoms with Gasteiger partial charge in [0, 0.05) is 12.6 Å². The molecule has 3 heteroatoms. The number of hydrogen-bond donors (Lipinski definition) is 0. The average molecular weight is 186 g/mol.